The average Bonchev–Trinajstić information content (AvgIpc) is 2.90. The molecular formula is C13H27N. The fourth-order valence-corrected chi connectivity index (χ4v) is 2.35. The predicted molar refractivity (Wildman–Crippen MR) is 63.5 cm³/mol. The van der Waals surface area contributed by atoms with Gasteiger partial charge in [0.1, 0.15) is 0 Å². The third-order valence-corrected chi connectivity index (χ3v) is 3.40. The lowest BCUT2D eigenvalue weighted by molar-refractivity contribution is 0.464. The third kappa shape index (κ3) is 4.45. The second-order valence-corrected chi connectivity index (χ2v) is 4.99. The normalized spacial score (nSPS) is 27.6. The molecule has 0 radical (unpaired) electrons. The summed E-state index contributed by atoms with van der Waals surface area (Å²) in [7, 11) is 0. The highest BCUT2D eigenvalue weighted by atomic mass is 14.9. The van der Waals surface area contributed by atoms with Gasteiger partial charge in [-0.05, 0) is 44.6 Å². The van der Waals surface area contributed by atoms with Crippen molar-refractivity contribution in [3.63, 3.8) is 0 Å². The van der Waals surface area contributed by atoms with Crippen molar-refractivity contribution < 1.29 is 0 Å². The minimum atomic E-state index is 0.742. The summed E-state index contributed by atoms with van der Waals surface area (Å²) in [5.41, 5.74) is 0. The Balaban J connectivity index is 1.98. The van der Waals surface area contributed by atoms with E-state index in [9.17, 15) is 0 Å². The molecule has 1 aliphatic rings. The van der Waals surface area contributed by atoms with Gasteiger partial charge >= 0.3 is 0 Å². The summed E-state index contributed by atoms with van der Waals surface area (Å²) < 4.78 is 0. The fourth-order valence-electron chi connectivity index (χ4n) is 2.35. The molecule has 84 valence electrons. The van der Waals surface area contributed by atoms with Crippen LogP contribution in [0.3, 0.4) is 0 Å². The summed E-state index contributed by atoms with van der Waals surface area (Å²) in [5, 5.41) is 3.58. The second kappa shape index (κ2) is 6.44. The summed E-state index contributed by atoms with van der Waals surface area (Å²) in [6.07, 6.45) is 8.48. The van der Waals surface area contributed by atoms with E-state index in [1.165, 1.54) is 45.1 Å². The van der Waals surface area contributed by atoms with Crippen molar-refractivity contribution in [2.24, 2.45) is 11.8 Å². The molecule has 1 N–H and O–H groups in total. The second-order valence-electron chi connectivity index (χ2n) is 4.99. The molecule has 14 heavy (non-hydrogen) atoms. The van der Waals surface area contributed by atoms with Gasteiger partial charge in [0.25, 0.3) is 0 Å². The Bertz CT molecular complexity index is 144. The minimum absolute atomic E-state index is 0.742. The van der Waals surface area contributed by atoms with Crippen LogP contribution in [0.1, 0.15) is 59.3 Å². The molecule has 0 aliphatic heterocycles. The Morgan fingerprint density at radius 2 is 2.00 bits per heavy atom. The first-order valence-corrected chi connectivity index (χ1v) is 6.51. The lowest BCUT2D eigenvalue weighted by Gasteiger charge is -2.12. The van der Waals surface area contributed by atoms with Gasteiger partial charge in [-0.15, -0.1) is 0 Å². The molecule has 0 amide bonds. The Labute approximate surface area is 89.7 Å². The van der Waals surface area contributed by atoms with Gasteiger partial charge in [0.2, 0.25) is 0 Å². The average molecular weight is 197 g/mol. The van der Waals surface area contributed by atoms with Crippen molar-refractivity contribution >= 4 is 0 Å². The summed E-state index contributed by atoms with van der Waals surface area (Å²) in [5.74, 6) is 2.14. The number of unbranched alkanes of at least 4 members (excludes halogenated alkanes) is 1. The van der Waals surface area contributed by atoms with E-state index in [0.717, 1.165) is 17.9 Å². The molecule has 1 aliphatic carbocycles. The standard InChI is InChI=1S/C13H27N/c1-4-6-7-12-10-13(12)9-11(3)14-8-5-2/h11-14H,4-10H2,1-3H3. The van der Waals surface area contributed by atoms with Crippen LogP contribution in [0.5, 0.6) is 0 Å². The van der Waals surface area contributed by atoms with Crippen LogP contribution in [0, 0.1) is 11.8 Å². The molecule has 1 rings (SSSR count). The highest BCUT2D eigenvalue weighted by Gasteiger charge is 2.36. The van der Waals surface area contributed by atoms with E-state index in [0.29, 0.717) is 0 Å². The number of nitrogens with one attached hydrogen (secondary N) is 1. The maximum atomic E-state index is 3.58. The van der Waals surface area contributed by atoms with Crippen LogP contribution in [0.25, 0.3) is 0 Å². The van der Waals surface area contributed by atoms with Crippen LogP contribution in [-0.4, -0.2) is 12.6 Å². The summed E-state index contributed by atoms with van der Waals surface area (Å²) >= 11 is 0. The monoisotopic (exact) mass is 197 g/mol. The topological polar surface area (TPSA) is 12.0 Å². The maximum Gasteiger partial charge on any atom is 0.00414 e. The predicted octanol–water partition coefficient (Wildman–Crippen LogP) is 3.59. The summed E-state index contributed by atoms with van der Waals surface area (Å²) in [6, 6.07) is 0.742. The van der Waals surface area contributed by atoms with Crippen LogP contribution in [0.15, 0.2) is 0 Å². The van der Waals surface area contributed by atoms with Gasteiger partial charge in [-0.2, -0.15) is 0 Å². The van der Waals surface area contributed by atoms with E-state index < -0.39 is 0 Å². The molecular weight excluding hydrogens is 170 g/mol. The smallest absolute Gasteiger partial charge is 0.00414 e. The summed E-state index contributed by atoms with van der Waals surface area (Å²) in [4.78, 5) is 0. The van der Waals surface area contributed by atoms with Gasteiger partial charge in [-0.3, -0.25) is 0 Å². The van der Waals surface area contributed by atoms with Crippen LogP contribution in [0.4, 0.5) is 0 Å². The van der Waals surface area contributed by atoms with Crippen molar-refractivity contribution in [2.45, 2.75) is 65.3 Å². The zero-order chi connectivity index (χ0) is 10.4. The molecule has 1 nitrogen and oxygen atoms in total. The van der Waals surface area contributed by atoms with Crippen LogP contribution < -0.4 is 5.32 Å². The lowest BCUT2D eigenvalue weighted by Crippen LogP contribution is -2.27. The molecule has 0 heterocycles. The molecule has 0 bridgehead atoms. The minimum Gasteiger partial charge on any atom is -0.314 e. The van der Waals surface area contributed by atoms with E-state index in [-0.39, 0.29) is 0 Å². The van der Waals surface area contributed by atoms with Crippen molar-refractivity contribution in [3.05, 3.63) is 0 Å². The highest BCUT2D eigenvalue weighted by Crippen LogP contribution is 2.45. The van der Waals surface area contributed by atoms with Gasteiger partial charge < -0.3 is 5.32 Å². The molecule has 0 saturated heterocycles. The molecule has 3 unspecified atom stereocenters. The largest absolute Gasteiger partial charge is 0.314 e. The van der Waals surface area contributed by atoms with Gasteiger partial charge in [0.05, 0.1) is 0 Å². The number of hydrogen-bond acceptors (Lipinski definition) is 1. The molecule has 0 aromatic heterocycles. The Hall–Kier alpha value is -0.0400. The van der Waals surface area contributed by atoms with Crippen LogP contribution in [0.2, 0.25) is 0 Å². The lowest BCUT2D eigenvalue weighted by atomic mass is 10.1. The Morgan fingerprint density at radius 1 is 1.21 bits per heavy atom. The van der Waals surface area contributed by atoms with Crippen molar-refractivity contribution in [1.82, 2.24) is 5.32 Å². The highest BCUT2D eigenvalue weighted by molar-refractivity contribution is 4.88. The molecule has 0 aromatic carbocycles. The molecule has 1 heteroatoms. The van der Waals surface area contributed by atoms with Crippen LogP contribution in [-0.2, 0) is 0 Å². The quantitative estimate of drug-likeness (QED) is 0.627. The molecule has 0 aromatic rings. The number of hydrogen-bond donors (Lipinski definition) is 1. The first kappa shape index (κ1) is 12.0. The zero-order valence-corrected chi connectivity index (χ0v) is 10.2. The maximum absolute atomic E-state index is 3.58. The van der Waals surface area contributed by atoms with Crippen molar-refractivity contribution in [2.75, 3.05) is 6.54 Å². The van der Waals surface area contributed by atoms with Crippen molar-refractivity contribution in [1.29, 1.82) is 0 Å². The van der Waals surface area contributed by atoms with Gasteiger partial charge in [-0.1, -0.05) is 33.1 Å². The molecule has 1 fully saturated rings. The first-order chi connectivity index (χ1) is 6.77. The SMILES string of the molecule is CCCCC1CC1CC(C)NCCC. The van der Waals surface area contributed by atoms with E-state index >= 15 is 0 Å². The Kier molecular flexibility index (Phi) is 5.54. The van der Waals surface area contributed by atoms with E-state index in [1.54, 1.807) is 0 Å². The fraction of sp³-hybridized carbons (Fsp3) is 1.00. The number of rotatable bonds is 8. The molecule has 0 spiro atoms. The van der Waals surface area contributed by atoms with E-state index in [1.807, 2.05) is 0 Å². The summed E-state index contributed by atoms with van der Waals surface area (Å²) in [6.45, 7) is 8.06. The van der Waals surface area contributed by atoms with Crippen molar-refractivity contribution in [3.8, 4) is 0 Å². The van der Waals surface area contributed by atoms with Gasteiger partial charge in [0.15, 0.2) is 0 Å². The van der Waals surface area contributed by atoms with Crippen LogP contribution >= 0.6 is 0 Å². The molecule has 1 saturated carbocycles. The van der Waals surface area contributed by atoms with Gasteiger partial charge in [0, 0.05) is 6.04 Å². The van der Waals surface area contributed by atoms with E-state index in [4.69, 9.17) is 0 Å². The Morgan fingerprint density at radius 3 is 2.64 bits per heavy atom. The third-order valence-electron chi connectivity index (χ3n) is 3.40. The molecule has 3 atom stereocenters. The first-order valence-electron chi connectivity index (χ1n) is 6.51. The van der Waals surface area contributed by atoms with E-state index in [2.05, 4.69) is 26.1 Å². The zero-order valence-electron chi connectivity index (χ0n) is 10.2. The van der Waals surface area contributed by atoms with Gasteiger partial charge in [-0.25, -0.2) is 0 Å².